The standard InChI is InChI=1S/C33H36BrClF2O/c34-28-15-18-30-27(22-28)9-3-1-2-6-24(20-25-13-19-31(36)32(37)21-25)7-4-5-8-26(33(30)38)14-10-23-11-16-29(35)17-12-23/h11-13,15-19,21-22,24,26H,1-10,14,20H2. The Morgan fingerprint density at radius 1 is 0.789 bits per heavy atom. The lowest BCUT2D eigenvalue weighted by Crippen LogP contribution is -2.18. The first-order valence-electron chi connectivity index (χ1n) is 13.9. The van der Waals surface area contributed by atoms with E-state index in [1.807, 2.05) is 36.4 Å². The van der Waals surface area contributed by atoms with Gasteiger partial charge in [0.2, 0.25) is 0 Å². The summed E-state index contributed by atoms with van der Waals surface area (Å²) in [4.78, 5) is 13.9. The van der Waals surface area contributed by atoms with E-state index in [-0.39, 0.29) is 11.7 Å². The van der Waals surface area contributed by atoms with Crippen molar-refractivity contribution in [3.05, 3.63) is 104 Å². The van der Waals surface area contributed by atoms with Gasteiger partial charge in [0.15, 0.2) is 17.4 Å². The number of ketones is 1. The molecule has 38 heavy (non-hydrogen) atoms. The molecule has 0 spiro atoms. The van der Waals surface area contributed by atoms with Gasteiger partial charge in [-0.15, -0.1) is 0 Å². The SMILES string of the molecule is O=C1c2ccc(Br)cc2CCCCCC(Cc2ccc(F)c(F)c2)CCCCC1CCc1ccc(Cl)cc1. The van der Waals surface area contributed by atoms with Crippen molar-refractivity contribution < 1.29 is 13.6 Å². The van der Waals surface area contributed by atoms with Gasteiger partial charge >= 0.3 is 0 Å². The summed E-state index contributed by atoms with van der Waals surface area (Å²) in [5.74, 6) is -0.890. The second kappa shape index (κ2) is 14.4. The fraction of sp³-hybridized carbons (Fsp3) is 0.424. The van der Waals surface area contributed by atoms with Crippen LogP contribution >= 0.6 is 27.5 Å². The van der Waals surface area contributed by atoms with Crippen LogP contribution in [0.2, 0.25) is 5.02 Å². The van der Waals surface area contributed by atoms with Crippen molar-refractivity contribution in [3.8, 4) is 0 Å². The van der Waals surface area contributed by atoms with Crippen molar-refractivity contribution in [1.29, 1.82) is 0 Å². The lowest BCUT2D eigenvalue weighted by Gasteiger charge is -2.21. The molecule has 0 aromatic heterocycles. The number of fused-ring (bicyclic) bond motifs is 1. The average molecular weight is 602 g/mol. The van der Waals surface area contributed by atoms with Gasteiger partial charge in [0.25, 0.3) is 0 Å². The van der Waals surface area contributed by atoms with E-state index in [0.29, 0.717) is 5.92 Å². The molecule has 5 heteroatoms. The van der Waals surface area contributed by atoms with Crippen LogP contribution in [0.15, 0.2) is 65.1 Å². The topological polar surface area (TPSA) is 17.1 Å². The maximum absolute atomic E-state index is 13.9. The molecule has 1 aliphatic carbocycles. The summed E-state index contributed by atoms with van der Waals surface area (Å²) >= 11 is 9.66. The van der Waals surface area contributed by atoms with Crippen LogP contribution in [0.1, 0.15) is 84.8 Å². The third kappa shape index (κ3) is 8.48. The first-order valence-corrected chi connectivity index (χ1v) is 15.1. The molecule has 0 N–H and O–H groups in total. The molecule has 3 aromatic rings. The first-order chi connectivity index (χ1) is 18.4. The predicted octanol–water partition coefficient (Wildman–Crippen LogP) is 10.3. The van der Waals surface area contributed by atoms with Crippen molar-refractivity contribution >= 4 is 33.3 Å². The summed E-state index contributed by atoms with van der Waals surface area (Å²) in [5.41, 5.74) is 4.08. The van der Waals surface area contributed by atoms with Gasteiger partial charge in [0.1, 0.15) is 0 Å². The van der Waals surface area contributed by atoms with Gasteiger partial charge in [-0.25, -0.2) is 8.78 Å². The lowest BCUT2D eigenvalue weighted by atomic mass is 9.83. The Hall–Kier alpha value is -2.04. The minimum absolute atomic E-state index is 0.0295. The van der Waals surface area contributed by atoms with E-state index >= 15 is 0 Å². The highest BCUT2D eigenvalue weighted by Gasteiger charge is 2.23. The zero-order valence-corrected chi connectivity index (χ0v) is 24.2. The summed E-state index contributed by atoms with van der Waals surface area (Å²) in [6.07, 6.45) is 11.6. The van der Waals surface area contributed by atoms with Gasteiger partial charge in [-0.05, 0) is 97.5 Å². The normalized spacial score (nSPS) is 19.5. The Morgan fingerprint density at radius 3 is 2.26 bits per heavy atom. The fourth-order valence-corrected chi connectivity index (χ4v) is 6.26. The van der Waals surface area contributed by atoms with E-state index in [0.717, 1.165) is 103 Å². The molecule has 202 valence electrons. The van der Waals surface area contributed by atoms with Crippen LogP contribution in [-0.2, 0) is 19.3 Å². The molecule has 1 nitrogen and oxygen atoms in total. The molecule has 2 atom stereocenters. The molecule has 0 bridgehead atoms. The highest BCUT2D eigenvalue weighted by atomic mass is 79.9. The molecule has 0 amide bonds. The van der Waals surface area contributed by atoms with Crippen LogP contribution in [0, 0.1) is 23.5 Å². The van der Waals surface area contributed by atoms with Crippen LogP contribution in [0.5, 0.6) is 0 Å². The van der Waals surface area contributed by atoms with E-state index in [1.165, 1.54) is 17.7 Å². The van der Waals surface area contributed by atoms with Gasteiger partial charge in [0, 0.05) is 21.0 Å². The van der Waals surface area contributed by atoms with Crippen molar-refractivity contribution in [3.63, 3.8) is 0 Å². The molecular weight excluding hydrogens is 566 g/mol. The van der Waals surface area contributed by atoms with Crippen LogP contribution < -0.4 is 0 Å². The molecule has 0 aliphatic heterocycles. The summed E-state index contributed by atoms with van der Waals surface area (Å²) in [6.45, 7) is 0. The second-order valence-corrected chi connectivity index (χ2v) is 12.1. The number of Topliss-reactive ketones (excluding diaryl/α,β-unsaturated/α-hetero) is 1. The maximum Gasteiger partial charge on any atom is 0.166 e. The molecule has 0 heterocycles. The zero-order chi connectivity index (χ0) is 26.9. The van der Waals surface area contributed by atoms with E-state index in [4.69, 9.17) is 11.6 Å². The van der Waals surface area contributed by atoms with Gasteiger partial charge < -0.3 is 0 Å². The Bertz CT molecular complexity index is 1210. The predicted molar refractivity (Wildman–Crippen MR) is 156 cm³/mol. The highest BCUT2D eigenvalue weighted by molar-refractivity contribution is 9.10. The third-order valence-electron chi connectivity index (χ3n) is 7.88. The lowest BCUT2D eigenvalue weighted by molar-refractivity contribution is 0.0903. The molecule has 0 radical (unpaired) electrons. The molecule has 1 aliphatic rings. The Kier molecular flexibility index (Phi) is 11.0. The Morgan fingerprint density at radius 2 is 1.50 bits per heavy atom. The van der Waals surface area contributed by atoms with Gasteiger partial charge in [-0.1, -0.05) is 90.3 Å². The molecule has 2 unspecified atom stereocenters. The zero-order valence-electron chi connectivity index (χ0n) is 21.8. The van der Waals surface area contributed by atoms with Gasteiger partial charge in [-0.2, -0.15) is 0 Å². The summed E-state index contributed by atoms with van der Waals surface area (Å²) < 4.78 is 28.2. The van der Waals surface area contributed by atoms with E-state index in [1.54, 1.807) is 6.07 Å². The molecule has 0 saturated heterocycles. The number of hydrogen-bond donors (Lipinski definition) is 0. The van der Waals surface area contributed by atoms with E-state index in [2.05, 4.69) is 22.0 Å². The molecule has 0 fully saturated rings. The van der Waals surface area contributed by atoms with Crippen molar-refractivity contribution in [2.75, 3.05) is 0 Å². The van der Waals surface area contributed by atoms with Crippen molar-refractivity contribution in [1.82, 2.24) is 0 Å². The number of carbonyl (C=O) groups is 1. The number of rotatable bonds is 5. The fourth-order valence-electron chi connectivity index (χ4n) is 5.73. The van der Waals surface area contributed by atoms with Crippen LogP contribution in [-0.4, -0.2) is 5.78 Å². The smallest absolute Gasteiger partial charge is 0.166 e. The van der Waals surface area contributed by atoms with E-state index in [9.17, 15) is 13.6 Å². The van der Waals surface area contributed by atoms with Gasteiger partial charge in [0.05, 0.1) is 0 Å². The van der Waals surface area contributed by atoms with Crippen LogP contribution in [0.3, 0.4) is 0 Å². The third-order valence-corrected chi connectivity index (χ3v) is 8.63. The van der Waals surface area contributed by atoms with Crippen LogP contribution in [0.25, 0.3) is 0 Å². The number of halogens is 4. The number of hydrogen-bond acceptors (Lipinski definition) is 1. The Balaban J connectivity index is 1.49. The summed E-state index contributed by atoms with van der Waals surface area (Å²) in [6, 6.07) is 18.3. The first kappa shape index (κ1) is 29.0. The molecule has 4 rings (SSSR count). The highest BCUT2D eigenvalue weighted by Crippen LogP contribution is 2.29. The quantitative estimate of drug-likeness (QED) is 0.284. The van der Waals surface area contributed by atoms with Gasteiger partial charge in [-0.3, -0.25) is 4.79 Å². The molecular formula is C33H36BrClF2O. The average Bonchev–Trinajstić information content (AvgIpc) is 2.90. The molecule has 0 saturated carbocycles. The van der Waals surface area contributed by atoms with E-state index < -0.39 is 11.6 Å². The summed E-state index contributed by atoms with van der Waals surface area (Å²) in [7, 11) is 0. The van der Waals surface area contributed by atoms with Crippen molar-refractivity contribution in [2.45, 2.75) is 77.0 Å². The minimum atomic E-state index is -0.791. The maximum atomic E-state index is 13.9. The van der Waals surface area contributed by atoms with Crippen molar-refractivity contribution in [2.24, 2.45) is 11.8 Å². The van der Waals surface area contributed by atoms with Crippen LogP contribution in [0.4, 0.5) is 8.78 Å². The summed E-state index contributed by atoms with van der Waals surface area (Å²) in [5, 5.41) is 0.722. The minimum Gasteiger partial charge on any atom is -0.294 e. The second-order valence-electron chi connectivity index (χ2n) is 10.7. The number of carbonyl (C=O) groups excluding carboxylic acids is 1. The molecule has 3 aromatic carbocycles. The Labute approximate surface area is 239 Å². The largest absolute Gasteiger partial charge is 0.294 e. The number of aryl methyl sites for hydroxylation is 2. The number of benzene rings is 3. The monoisotopic (exact) mass is 600 g/mol.